The van der Waals surface area contributed by atoms with Crippen LogP contribution < -0.4 is 11.1 Å². The van der Waals surface area contributed by atoms with Crippen LogP contribution in [0.1, 0.15) is 56.9 Å². The monoisotopic (exact) mass is 683 g/mol. The Hall–Kier alpha value is -3.47. The summed E-state index contributed by atoms with van der Waals surface area (Å²) < 4.78 is 10.6. The first kappa shape index (κ1) is 41.5. The number of amides is 1. The summed E-state index contributed by atoms with van der Waals surface area (Å²) in [6, 6.07) is 6.97. The number of nitrogens with zero attached hydrogens (tertiary/aromatic N) is 3. The molecule has 1 saturated heterocycles. The molecule has 2 rings (SSSR count). The zero-order valence-electron chi connectivity index (χ0n) is 25.0. The van der Waals surface area contributed by atoms with Gasteiger partial charge in [0.15, 0.2) is 0 Å². The fourth-order valence-corrected chi connectivity index (χ4v) is 4.65. The van der Waals surface area contributed by atoms with Crippen molar-refractivity contribution in [3.05, 3.63) is 56.1 Å². The van der Waals surface area contributed by atoms with E-state index in [0.29, 0.717) is 58.0 Å². The van der Waals surface area contributed by atoms with E-state index in [1.807, 2.05) is 30.3 Å². The Balaban J connectivity index is 0.00000968. The van der Waals surface area contributed by atoms with Crippen LogP contribution in [0.4, 0.5) is 0 Å². The lowest BCUT2D eigenvalue weighted by Crippen LogP contribution is -2.54. The van der Waals surface area contributed by atoms with Crippen LogP contribution in [0.15, 0.2) is 30.3 Å². The third-order valence-corrected chi connectivity index (χ3v) is 6.76. The van der Waals surface area contributed by atoms with Gasteiger partial charge in [-0.3, -0.25) is 14.9 Å². The molecule has 2 unspecified atom stereocenters. The molecule has 1 heterocycles. The smallest absolute Gasteiger partial charge is 0.328 e. The average Bonchev–Trinajstić information content (AvgIpc) is 3.48. The van der Waals surface area contributed by atoms with E-state index in [2.05, 4.69) is 15.0 Å². The van der Waals surface area contributed by atoms with Gasteiger partial charge in [0.1, 0.15) is 12.1 Å². The highest BCUT2D eigenvalue weighted by Gasteiger charge is 2.39. The lowest BCUT2D eigenvalue weighted by Gasteiger charge is -2.30. The van der Waals surface area contributed by atoms with Crippen molar-refractivity contribution < 1.29 is 43.7 Å². The van der Waals surface area contributed by atoms with E-state index in [9.17, 15) is 34.6 Å². The Morgan fingerprint density at radius 2 is 1.51 bits per heavy atom. The minimum atomic E-state index is -0.926. The molecule has 0 saturated carbocycles. The van der Waals surface area contributed by atoms with Gasteiger partial charge in [0.05, 0.1) is 32.5 Å². The molecule has 3 N–H and O–H groups in total. The molecule has 1 aromatic rings. The predicted octanol–water partition coefficient (Wildman–Crippen LogP) is 2.19. The zero-order chi connectivity index (χ0) is 31.5. The highest BCUT2D eigenvalue weighted by molar-refractivity contribution is 5.89. The number of unbranched alkanes of at least 4 members (excludes halogenated alkanes) is 1. The minimum Gasteiger partial charge on any atom is -0.464 e. The van der Waals surface area contributed by atoms with Gasteiger partial charge in [-0.1, -0.05) is 36.8 Å². The number of esters is 2. The summed E-state index contributed by atoms with van der Waals surface area (Å²) in [5, 5.41) is 22.0. The third kappa shape index (κ3) is 16.4. The van der Waals surface area contributed by atoms with Crippen molar-refractivity contribution in [2.75, 3.05) is 39.5 Å². The van der Waals surface area contributed by atoms with Gasteiger partial charge in [-0.2, -0.15) is 0 Å². The topological polar surface area (TPSA) is 216 Å². The van der Waals surface area contributed by atoms with Gasteiger partial charge in [-0.25, -0.2) is 4.79 Å². The quantitative estimate of drug-likeness (QED) is 0.0776. The Morgan fingerprint density at radius 1 is 0.889 bits per heavy atom. The molecule has 0 radical (unpaired) electrons. The molecule has 0 spiro atoms. The summed E-state index contributed by atoms with van der Waals surface area (Å²) in [5.74, 6) is -1.57. The number of nitrogens with two attached hydrogens (primary N) is 1. The standard InChI is InChI=1S/C27H41N5O11.2ClH/c28-15-5-4-11-22(25(33)30-16-6-12-24(30)27(35)41-18-8-20-43-32(38)39)29-23(14-13-21-9-2-1-3-10-21)26(34)40-17-7-19-42-31(36)37;;/h1-3,9-10,22-24,29H,4-8,11-20,28H2;2*1H/t22?,23?,24-;;/m0../s1. The largest absolute Gasteiger partial charge is 0.464 e. The highest BCUT2D eigenvalue weighted by atomic mass is 35.5. The van der Waals surface area contributed by atoms with Crippen LogP contribution in [-0.4, -0.2) is 90.6 Å². The number of carbonyl (C=O) groups is 3. The van der Waals surface area contributed by atoms with Crippen molar-refractivity contribution in [2.24, 2.45) is 5.73 Å². The second-order valence-corrected chi connectivity index (χ2v) is 9.93. The maximum Gasteiger partial charge on any atom is 0.328 e. The molecule has 45 heavy (non-hydrogen) atoms. The van der Waals surface area contributed by atoms with Crippen molar-refractivity contribution in [3.63, 3.8) is 0 Å². The Kier molecular flexibility index (Phi) is 22.0. The van der Waals surface area contributed by atoms with Gasteiger partial charge >= 0.3 is 11.9 Å². The normalized spacial score (nSPS) is 15.0. The highest BCUT2D eigenvalue weighted by Crippen LogP contribution is 2.22. The first-order valence-corrected chi connectivity index (χ1v) is 14.4. The number of aryl methyl sites for hydroxylation is 1. The molecule has 1 fully saturated rings. The number of likely N-dealkylation sites (tertiary alicyclic amines) is 1. The molecule has 16 nitrogen and oxygen atoms in total. The average molecular weight is 685 g/mol. The third-order valence-electron chi connectivity index (χ3n) is 6.76. The fourth-order valence-electron chi connectivity index (χ4n) is 4.65. The molecule has 3 atom stereocenters. The van der Waals surface area contributed by atoms with Crippen LogP contribution in [0.25, 0.3) is 0 Å². The maximum absolute atomic E-state index is 13.8. The number of rotatable bonds is 22. The summed E-state index contributed by atoms with van der Waals surface area (Å²) in [6.45, 7) is 0.110. The number of hydrogen-bond acceptors (Lipinski definition) is 13. The molecule has 1 aromatic carbocycles. The molecular formula is C27H43Cl2N5O11. The van der Waals surface area contributed by atoms with Gasteiger partial charge in [0, 0.05) is 19.4 Å². The van der Waals surface area contributed by atoms with Crippen LogP contribution in [0.2, 0.25) is 0 Å². The SMILES string of the molecule is Cl.Cl.NCCCCC(NC(CCc1ccccc1)C(=O)OCCCO[N+](=O)[O-])C(=O)N1CCC[C@H]1C(=O)OCCCO[N+](=O)[O-]. The Morgan fingerprint density at radius 3 is 2.11 bits per heavy atom. The number of ether oxygens (including phenoxy) is 2. The maximum atomic E-state index is 13.8. The summed E-state index contributed by atoms with van der Waals surface area (Å²) >= 11 is 0. The van der Waals surface area contributed by atoms with Gasteiger partial charge in [0.2, 0.25) is 5.91 Å². The van der Waals surface area contributed by atoms with E-state index in [0.717, 1.165) is 5.56 Å². The number of nitrogens with one attached hydrogen (secondary N) is 1. The molecule has 1 aliphatic heterocycles. The second-order valence-electron chi connectivity index (χ2n) is 9.93. The number of hydrogen-bond donors (Lipinski definition) is 2. The molecule has 0 bridgehead atoms. The van der Waals surface area contributed by atoms with Crippen LogP contribution in [0.5, 0.6) is 0 Å². The number of halogens is 2. The van der Waals surface area contributed by atoms with E-state index in [1.54, 1.807) is 0 Å². The summed E-state index contributed by atoms with van der Waals surface area (Å²) in [6.07, 6.45) is 3.66. The molecule has 256 valence electrons. The number of carbonyl (C=O) groups excluding carboxylic acids is 3. The molecule has 1 aliphatic rings. The molecule has 0 aliphatic carbocycles. The molecule has 0 aromatic heterocycles. The van der Waals surface area contributed by atoms with Crippen molar-refractivity contribution in [1.82, 2.24) is 10.2 Å². The first-order valence-electron chi connectivity index (χ1n) is 14.4. The predicted molar refractivity (Wildman–Crippen MR) is 165 cm³/mol. The first-order chi connectivity index (χ1) is 20.7. The summed E-state index contributed by atoms with van der Waals surface area (Å²) in [5.41, 5.74) is 6.65. The second kappa shape index (κ2) is 23.9. The van der Waals surface area contributed by atoms with Crippen LogP contribution >= 0.6 is 24.8 Å². The summed E-state index contributed by atoms with van der Waals surface area (Å²) in [4.78, 5) is 70.3. The van der Waals surface area contributed by atoms with Crippen molar-refractivity contribution in [3.8, 4) is 0 Å². The van der Waals surface area contributed by atoms with Gasteiger partial charge < -0.3 is 29.8 Å². The van der Waals surface area contributed by atoms with Crippen LogP contribution in [-0.2, 0) is 40.0 Å². The molecule has 1 amide bonds. The lowest BCUT2D eigenvalue weighted by atomic mass is 10.0. The van der Waals surface area contributed by atoms with E-state index < -0.39 is 40.2 Å². The van der Waals surface area contributed by atoms with Crippen LogP contribution in [0.3, 0.4) is 0 Å². The number of benzene rings is 1. The zero-order valence-corrected chi connectivity index (χ0v) is 26.6. The van der Waals surface area contributed by atoms with Crippen molar-refractivity contribution in [2.45, 2.75) is 75.9 Å². The van der Waals surface area contributed by atoms with Gasteiger partial charge in [-0.15, -0.1) is 45.0 Å². The van der Waals surface area contributed by atoms with Gasteiger partial charge in [-0.05, 0) is 50.6 Å². The lowest BCUT2D eigenvalue weighted by molar-refractivity contribution is -0.757. The molecular weight excluding hydrogens is 641 g/mol. The minimum absolute atomic E-state index is 0. The Labute approximate surface area is 273 Å². The van der Waals surface area contributed by atoms with E-state index in [1.165, 1.54) is 4.90 Å². The van der Waals surface area contributed by atoms with E-state index in [4.69, 9.17) is 15.2 Å². The van der Waals surface area contributed by atoms with E-state index >= 15 is 0 Å². The Bertz CT molecular complexity index is 1040. The fraction of sp³-hybridized carbons (Fsp3) is 0.667. The van der Waals surface area contributed by atoms with Crippen molar-refractivity contribution in [1.29, 1.82) is 0 Å². The van der Waals surface area contributed by atoms with Crippen LogP contribution in [0, 0.1) is 20.2 Å². The van der Waals surface area contributed by atoms with E-state index in [-0.39, 0.29) is 70.0 Å². The molecule has 18 heteroatoms. The van der Waals surface area contributed by atoms with Crippen molar-refractivity contribution >= 4 is 42.7 Å². The summed E-state index contributed by atoms with van der Waals surface area (Å²) in [7, 11) is 0. The van der Waals surface area contributed by atoms with Gasteiger partial charge in [0.25, 0.3) is 10.2 Å².